The van der Waals surface area contributed by atoms with Gasteiger partial charge in [0.05, 0.1) is 12.3 Å². The highest BCUT2D eigenvalue weighted by atomic mass is 19.1. The summed E-state index contributed by atoms with van der Waals surface area (Å²) in [5, 5.41) is 15.9. The Labute approximate surface area is 160 Å². The first-order valence-corrected chi connectivity index (χ1v) is 8.39. The minimum atomic E-state index is -0.499. The Morgan fingerprint density at radius 2 is 1.89 bits per heavy atom. The maximum Gasteiger partial charge on any atom is 0.254 e. The Morgan fingerprint density at radius 3 is 2.64 bits per heavy atom. The van der Waals surface area contributed by atoms with E-state index in [9.17, 15) is 14.0 Å². The van der Waals surface area contributed by atoms with E-state index in [4.69, 9.17) is 5.26 Å². The summed E-state index contributed by atoms with van der Waals surface area (Å²) >= 11 is 0. The summed E-state index contributed by atoms with van der Waals surface area (Å²) in [4.78, 5) is 23.7. The molecule has 0 bridgehead atoms. The van der Waals surface area contributed by atoms with E-state index in [1.54, 1.807) is 16.8 Å². The summed E-state index contributed by atoms with van der Waals surface area (Å²) in [7, 11) is 0. The average Bonchev–Trinajstić information content (AvgIpc) is 3.02. The summed E-state index contributed by atoms with van der Waals surface area (Å²) in [6, 6.07) is 14.7. The maximum atomic E-state index is 13.0. The van der Waals surface area contributed by atoms with Crippen LogP contribution in [0.2, 0.25) is 0 Å². The van der Waals surface area contributed by atoms with Crippen LogP contribution in [0, 0.1) is 17.1 Å². The molecule has 8 heteroatoms. The summed E-state index contributed by atoms with van der Waals surface area (Å²) in [5.74, 6) is -1.14. The molecule has 0 aliphatic heterocycles. The minimum absolute atomic E-state index is 0.0481. The van der Waals surface area contributed by atoms with Crippen LogP contribution in [0.5, 0.6) is 0 Å². The molecule has 2 amide bonds. The fourth-order valence-corrected chi connectivity index (χ4v) is 2.68. The van der Waals surface area contributed by atoms with Gasteiger partial charge in [-0.15, -0.1) is 0 Å². The lowest BCUT2D eigenvalue weighted by atomic mass is 10.2. The van der Waals surface area contributed by atoms with Crippen molar-refractivity contribution in [2.45, 2.75) is 13.0 Å². The SMILES string of the molecule is N#CCC(=O)N/N=C\c1cn(CC(=O)Nc2ccc(F)cc2)c2ccccc12. The van der Waals surface area contributed by atoms with Crippen LogP contribution in [0.25, 0.3) is 10.9 Å². The Hall–Kier alpha value is -3.99. The van der Waals surface area contributed by atoms with Crippen LogP contribution in [-0.2, 0) is 16.1 Å². The largest absolute Gasteiger partial charge is 0.337 e. The van der Waals surface area contributed by atoms with Gasteiger partial charge >= 0.3 is 0 Å². The summed E-state index contributed by atoms with van der Waals surface area (Å²) < 4.78 is 14.7. The number of rotatable bonds is 6. The summed E-state index contributed by atoms with van der Waals surface area (Å²) in [6.07, 6.45) is 2.93. The van der Waals surface area contributed by atoms with Gasteiger partial charge in [-0.2, -0.15) is 10.4 Å². The van der Waals surface area contributed by atoms with Gasteiger partial charge in [0.25, 0.3) is 5.91 Å². The zero-order valence-corrected chi connectivity index (χ0v) is 14.7. The van der Waals surface area contributed by atoms with Gasteiger partial charge in [0.1, 0.15) is 18.8 Å². The second-order valence-corrected chi connectivity index (χ2v) is 5.91. The number of hydrazone groups is 1. The van der Waals surface area contributed by atoms with E-state index >= 15 is 0 Å². The van der Waals surface area contributed by atoms with Gasteiger partial charge in [0, 0.05) is 28.4 Å². The number of benzene rings is 2. The van der Waals surface area contributed by atoms with Gasteiger partial charge < -0.3 is 9.88 Å². The number of nitrogens with one attached hydrogen (secondary N) is 2. The Morgan fingerprint density at radius 1 is 1.14 bits per heavy atom. The first-order chi connectivity index (χ1) is 13.6. The number of hydrogen-bond donors (Lipinski definition) is 2. The lowest BCUT2D eigenvalue weighted by Gasteiger charge is -2.07. The number of nitriles is 1. The molecule has 0 spiro atoms. The molecule has 0 aliphatic carbocycles. The van der Waals surface area contributed by atoms with Crippen molar-refractivity contribution in [3.63, 3.8) is 0 Å². The molecule has 1 heterocycles. The predicted octanol–water partition coefficient (Wildman–Crippen LogP) is 2.78. The number of carbonyl (C=O) groups is 2. The minimum Gasteiger partial charge on any atom is -0.337 e. The second kappa shape index (κ2) is 8.60. The van der Waals surface area contributed by atoms with Gasteiger partial charge in [0.2, 0.25) is 5.91 Å². The van der Waals surface area contributed by atoms with E-state index in [1.165, 1.54) is 30.5 Å². The molecule has 140 valence electrons. The summed E-state index contributed by atoms with van der Waals surface area (Å²) in [5.41, 5.74) is 4.31. The lowest BCUT2D eigenvalue weighted by molar-refractivity contribution is -0.120. The smallest absolute Gasteiger partial charge is 0.254 e. The number of nitrogens with zero attached hydrogens (tertiary/aromatic N) is 3. The number of halogens is 1. The van der Waals surface area contributed by atoms with E-state index < -0.39 is 5.91 Å². The van der Waals surface area contributed by atoms with Gasteiger partial charge in [-0.3, -0.25) is 9.59 Å². The van der Waals surface area contributed by atoms with Crippen molar-refractivity contribution in [2.75, 3.05) is 5.32 Å². The van der Waals surface area contributed by atoms with Gasteiger partial charge in [0.15, 0.2) is 0 Å². The first kappa shape index (κ1) is 18.8. The number of fused-ring (bicyclic) bond motifs is 1. The monoisotopic (exact) mass is 377 g/mol. The van der Waals surface area contributed by atoms with Crippen molar-refractivity contribution < 1.29 is 14.0 Å². The van der Waals surface area contributed by atoms with Crippen LogP contribution >= 0.6 is 0 Å². The van der Waals surface area contributed by atoms with E-state index in [0.29, 0.717) is 11.3 Å². The van der Waals surface area contributed by atoms with E-state index in [1.807, 2.05) is 24.3 Å². The third-order valence-corrected chi connectivity index (χ3v) is 3.89. The van der Waals surface area contributed by atoms with Crippen LogP contribution in [-0.4, -0.2) is 22.6 Å². The van der Waals surface area contributed by atoms with Gasteiger partial charge in [-0.05, 0) is 30.3 Å². The standard InChI is InChI=1S/C20H16FN5O2/c21-15-5-7-16(8-6-15)24-20(28)13-26-12-14(11-23-25-19(27)9-10-22)17-3-1-2-4-18(17)26/h1-8,11-12H,9,13H2,(H,24,28)(H,25,27)/b23-11-. The third-order valence-electron chi connectivity index (χ3n) is 3.89. The van der Waals surface area contributed by atoms with Crippen molar-refractivity contribution >= 4 is 34.6 Å². The van der Waals surface area contributed by atoms with Crippen LogP contribution in [0.3, 0.4) is 0 Å². The molecule has 0 unspecified atom stereocenters. The van der Waals surface area contributed by atoms with Crippen molar-refractivity contribution in [1.82, 2.24) is 9.99 Å². The zero-order chi connectivity index (χ0) is 19.9. The van der Waals surface area contributed by atoms with Crippen molar-refractivity contribution in [1.29, 1.82) is 5.26 Å². The molecular weight excluding hydrogens is 361 g/mol. The highest BCUT2D eigenvalue weighted by Crippen LogP contribution is 2.20. The molecule has 0 fully saturated rings. The third kappa shape index (κ3) is 4.59. The number of para-hydroxylation sites is 1. The first-order valence-electron chi connectivity index (χ1n) is 8.39. The molecule has 0 saturated heterocycles. The van der Waals surface area contributed by atoms with Crippen molar-refractivity contribution in [2.24, 2.45) is 5.10 Å². The van der Waals surface area contributed by atoms with E-state index in [-0.39, 0.29) is 24.7 Å². The lowest BCUT2D eigenvalue weighted by Crippen LogP contribution is -2.18. The zero-order valence-electron chi connectivity index (χ0n) is 14.7. The predicted molar refractivity (Wildman–Crippen MR) is 103 cm³/mol. The van der Waals surface area contributed by atoms with Crippen molar-refractivity contribution in [3.05, 3.63) is 66.1 Å². The number of aromatic nitrogens is 1. The maximum absolute atomic E-state index is 13.0. The molecule has 1 aromatic heterocycles. The Balaban J connectivity index is 1.77. The fraction of sp³-hybridized carbons (Fsp3) is 0.100. The average molecular weight is 377 g/mol. The molecule has 28 heavy (non-hydrogen) atoms. The van der Waals surface area contributed by atoms with Crippen molar-refractivity contribution in [3.8, 4) is 6.07 Å². The normalized spacial score (nSPS) is 10.7. The molecular formula is C20H16FN5O2. The molecule has 2 aromatic carbocycles. The van der Waals surface area contributed by atoms with E-state index in [0.717, 1.165) is 10.9 Å². The van der Waals surface area contributed by atoms with Crippen LogP contribution in [0.1, 0.15) is 12.0 Å². The Kier molecular flexibility index (Phi) is 5.77. The molecule has 0 radical (unpaired) electrons. The van der Waals surface area contributed by atoms with E-state index in [2.05, 4.69) is 15.8 Å². The quantitative estimate of drug-likeness (QED) is 0.510. The fourth-order valence-electron chi connectivity index (χ4n) is 2.68. The molecule has 7 nitrogen and oxygen atoms in total. The second-order valence-electron chi connectivity index (χ2n) is 5.91. The van der Waals surface area contributed by atoms with Crippen LogP contribution in [0.4, 0.5) is 10.1 Å². The topological polar surface area (TPSA) is 99.3 Å². The highest BCUT2D eigenvalue weighted by molar-refractivity contribution is 6.00. The molecule has 3 aromatic rings. The molecule has 0 atom stereocenters. The molecule has 2 N–H and O–H groups in total. The number of anilines is 1. The van der Waals surface area contributed by atoms with Gasteiger partial charge in [-0.1, -0.05) is 18.2 Å². The van der Waals surface area contributed by atoms with Crippen LogP contribution in [0.15, 0.2) is 59.8 Å². The summed E-state index contributed by atoms with van der Waals surface area (Å²) in [6.45, 7) is 0.0481. The number of carbonyl (C=O) groups excluding carboxylic acids is 2. The number of amides is 2. The molecule has 0 aliphatic rings. The number of hydrogen-bond acceptors (Lipinski definition) is 4. The van der Waals surface area contributed by atoms with Crippen LogP contribution < -0.4 is 10.7 Å². The van der Waals surface area contributed by atoms with Gasteiger partial charge in [-0.25, -0.2) is 9.82 Å². The highest BCUT2D eigenvalue weighted by Gasteiger charge is 2.10. The molecule has 0 saturated carbocycles. The Bertz CT molecular complexity index is 1080. The molecule has 3 rings (SSSR count).